The van der Waals surface area contributed by atoms with Crippen LogP contribution in [-0.4, -0.2) is 47.4 Å². The molecular formula is C8H13F3N2O2. The molecule has 0 saturated carbocycles. The minimum atomic E-state index is -4.51. The van der Waals surface area contributed by atoms with Gasteiger partial charge in [-0.25, -0.2) is 4.79 Å². The molecule has 0 radical (unpaired) electrons. The summed E-state index contributed by atoms with van der Waals surface area (Å²) in [6.07, 6.45) is -5.61. The molecule has 0 aromatic rings. The third-order valence-electron chi connectivity index (χ3n) is 2.54. The first-order valence-electron chi connectivity index (χ1n) is 4.62. The summed E-state index contributed by atoms with van der Waals surface area (Å²) in [6, 6.07) is -2.54. The SMILES string of the molecule is C[C@H](N(C(=O)O)[C@H]1CCNC1)C(F)(F)F. The Morgan fingerprint density at radius 3 is 2.53 bits per heavy atom. The number of hydrogen-bond donors (Lipinski definition) is 2. The molecular weight excluding hydrogens is 213 g/mol. The Balaban J connectivity index is 2.77. The number of carboxylic acid groups (broad SMARTS) is 1. The summed E-state index contributed by atoms with van der Waals surface area (Å²) in [5.41, 5.74) is 0. The van der Waals surface area contributed by atoms with Crippen LogP contribution in [0.15, 0.2) is 0 Å². The van der Waals surface area contributed by atoms with Crippen molar-refractivity contribution in [3.05, 3.63) is 0 Å². The molecule has 1 aliphatic heterocycles. The zero-order valence-electron chi connectivity index (χ0n) is 8.21. The monoisotopic (exact) mass is 226 g/mol. The van der Waals surface area contributed by atoms with Gasteiger partial charge in [0.25, 0.3) is 0 Å². The summed E-state index contributed by atoms with van der Waals surface area (Å²) in [6.45, 7) is 1.71. The van der Waals surface area contributed by atoms with E-state index in [9.17, 15) is 18.0 Å². The van der Waals surface area contributed by atoms with Crippen LogP contribution in [0.1, 0.15) is 13.3 Å². The highest BCUT2D eigenvalue weighted by Crippen LogP contribution is 2.27. The van der Waals surface area contributed by atoms with Gasteiger partial charge in [-0.1, -0.05) is 0 Å². The second-order valence-corrected chi connectivity index (χ2v) is 3.55. The standard InChI is InChI=1S/C8H13F3N2O2/c1-5(8(9,10)11)13(7(14)15)6-2-3-12-4-6/h5-6,12H,2-4H2,1H3,(H,14,15)/t5-,6-/m0/s1. The molecule has 0 aliphatic carbocycles. The molecule has 4 nitrogen and oxygen atoms in total. The number of carbonyl (C=O) groups is 1. The molecule has 2 atom stereocenters. The van der Waals surface area contributed by atoms with Gasteiger partial charge in [-0.2, -0.15) is 13.2 Å². The van der Waals surface area contributed by atoms with E-state index in [1.54, 1.807) is 0 Å². The zero-order valence-corrected chi connectivity index (χ0v) is 8.21. The van der Waals surface area contributed by atoms with Crippen LogP contribution in [0, 0.1) is 0 Å². The molecule has 88 valence electrons. The third-order valence-corrected chi connectivity index (χ3v) is 2.54. The highest BCUT2D eigenvalue weighted by atomic mass is 19.4. The van der Waals surface area contributed by atoms with E-state index in [1.165, 1.54) is 0 Å². The van der Waals surface area contributed by atoms with Crippen molar-refractivity contribution in [2.24, 2.45) is 0 Å². The van der Waals surface area contributed by atoms with Crippen LogP contribution in [0.3, 0.4) is 0 Å². The minimum Gasteiger partial charge on any atom is -0.465 e. The van der Waals surface area contributed by atoms with E-state index in [-0.39, 0.29) is 6.54 Å². The van der Waals surface area contributed by atoms with E-state index < -0.39 is 24.4 Å². The van der Waals surface area contributed by atoms with Crippen molar-refractivity contribution in [1.29, 1.82) is 0 Å². The second-order valence-electron chi connectivity index (χ2n) is 3.55. The van der Waals surface area contributed by atoms with E-state index >= 15 is 0 Å². The Morgan fingerprint density at radius 2 is 2.20 bits per heavy atom. The van der Waals surface area contributed by atoms with E-state index in [2.05, 4.69) is 5.32 Å². The van der Waals surface area contributed by atoms with Crippen molar-refractivity contribution in [2.75, 3.05) is 13.1 Å². The second kappa shape index (κ2) is 4.26. The van der Waals surface area contributed by atoms with E-state index in [1.807, 2.05) is 0 Å². The van der Waals surface area contributed by atoms with Crippen LogP contribution >= 0.6 is 0 Å². The molecule has 1 rings (SSSR count). The Hall–Kier alpha value is -0.980. The van der Waals surface area contributed by atoms with Crippen molar-refractivity contribution in [3.63, 3.8) is 0 Å². The lowest BCUT2D eigenvalue weighted by atomic mass is 10.1. The lowest BCUT2D eigenvalue weighted by molar-refractivity contribution is -0.177. The van der Waals surface area contributed by atoms with Gasteiger partial charge in [-0.3, -0.25) is 4.90 Å². The van der Waals surface area contributed by atoms with Crippen LogP contribution in [0.25, 0.3) is 0 Å². The topological polar surface area (TPSA) is 52.6 Å². The lowest BCUT2D eigenvalue weighted by Crippen LogP contribution is -2.52. The molecule has 7 heteroatoms. The van der Waals surface area contributed by atoms with Crippen molar-refractivity contribution < 1.29 is 23.1 Å². The molecule has 2 N–H and O–H groups in total. The number of rotatable bonds is 2. The first-order chi connectivity index (χ1) is 6.84. The number of amides is 1. The van der Waals surface area contributed by atoms with E-state index in [0.29, 0.717) is 17.9 Å². The van der Waals surface area contributed by atoms with Crippen molar-refractivity contribution in [1.82, 2.24) is 10.2 Å². The third kappa shape index (κ3) is 2.74. The molecule has 0 spiro atoms. The number of alkyl halides is 3. The molecule has 15 heavy (non-hydrogen) atoms. The zero-order chi connectivity index (χ0) is 11.6. The summed E-state index contributed by atoms with van der Waals surface area (Å²) in [5, 5.41) is 11.6. The van der Waals surface area contributed by atoms with Gasteiger partial charge < -0.3 is 10.4 Å². The number of hydrogen-bond acceptors (Lipinski definition) is 2. The number of nitrogens with one attached hydrogen (secondary N) is 1. The average Bonchev–Trinajstić information content (AvgIpc) is 2.54. The van der Waals surface area contributed by atoms with E-state index in [0.717, 1.165) is 6.92 Å². The molecule has 1 aliphatic rings. The predicted octanol–water partition coefficient (Wildman–Crippen LogP) is 1.28. The maximum absolute atomic E-state index is 12.4. The first kappa shape index (κ1) is 12.1. The Morgan fingerprint density at radius 1 is 1.60 bits per heavy atom. The maximum Gasteiger partial charge on any atom is 0.408 e. The maximum atomic E-state index is 12.4. The fourth-order valence-corrected chi connectivity index (χ4v) is 1.67. The summed E-state index contributed by atoms with van der Waals surface area (Å²) in [4.78, 5) is 11.3. The minimum absolute atomic E-state index is 0.284. The highest BCUT2D eigenvalue weighted by molar-refractivity contribution is 5.66. The fraction of sp³-hybridized carbons (Fsp3) is 0.875. The lowest BCUT2D eigenvalue weighted by Gasteiger charge is -2.32. The molecule has 1 fully saturated rings. The van der Waals surface area contributed by atoms with Gasteiger partial charge >= 0.3 is 12.3 Å². The van der Waals surface area contributed by atoms with Gasteiger partial charge in [0, 0.05) is 12.6 Å². The Bertz CT molecular complexity index is 239. The molecule has 1 heterocycles. The van der Waals surface area contributed by atoms with Gasteiger partial charge in [0.1, 0.15) is 6.04 Å². The quantitative estimate of drug-likeness (QED) is 0.745. The first-order valence-corrected chi connectivity index (χ1v) is 4.62. The van der Waals surface area contributed by atoms with Gasteiger partial charge in [0.15, 0.2) is 0 Å². The van der Waals surface area contributed by atoms with Crippen LogP contribution in [0.2, 0.25) is 0 Å². The molecule has 1 amide bonds. The van der Waals surface area contributed by atoms with Crippen molar-refractivity contribution in [3.8, 4) is 0 Å². The molecule has 0 aromatic carbocycles. The Labute approximate surface area is 85.1 Å². The van der Waals surface area contributed by atoms with Gasteiger partial charge in [0.2, 0.25) is 0 Å². The molecule has 1 saturated heterocycles. The number of nitrogens with zero attached hydrogens (tertiary/aromatic N) is 1. The van der Waals surface area contributed by atoms with Gasteiger partial charge in [-0.05, 0) is 19.9 Å². The summed E-state index contributed by atoms with van der Waals surface area (Å²) in [5.74, 6) is 0. The smallest absolute Gasteiger partial charge is 0.408 e. The molecule has 0 aromatic heterocycles. The average molecular weight is 226 g/mol. The van der Waals surface area contributed by atoms with Gasteiger partial charge in [0.05, 0.1) is 0 Å². The predicted molar refractivity (Wildman–Crippen MR) is 46.7 cm³/mol. The van der Waals surface area contributed by atoms with E-state index in [4.69, 9.17) is 5.11 Å². The molecule has 0 unspecified atom stereocenters. The highest BCUT2D eigenvalue weighted by Gasteiger charge is 2.45. The van der Waals surface area contributed by atoms with Crippen molar-refractivity contribution in [2.45, 2.75) is 31.6 Å². The normalized spacial score (nSPS) is 23.9. The number of halogens is 3. The summed E-state index contributed by atoms with van der Waals surface area (Å²) >= 11 is 0. The van der Waals surface area contributed by atoms with Crippen LogP contribution < -0.4 is 5.32 Å². The van der Waals surface area contributed by atoms with Crippen LogP contribution in [-0.2, 0) is 0 Å². The van der Waals surface area contributed by atoms with Crippen LogP contribution in [0.5, 0.6) is 0 Å². The van der Waals surface area contributed by atoms with Crippen molar-refractivity contribution >= 4 is 6.09 Å². The summed E-state index contributed by atoms with van der Waals surface area (Å²) in [7, 11) is 0. The Kier molecular flexibility index (Phi) is 3.43. The molecule has 0 bridgehead atoms. The summed E-state index contributed by atoms with van der Waals surface area (Å²) < 4.78 is 37.2. The van der Waals surface area contributed by atoms with Gasteiger partial charge in [-0.15, -0.1) is 0 Å². The fourth-order valence-electron chi connectivity index (χ4n) is 1.67. The largest absolute Gasteiger partial charge is 0.465 e. The van der Waals surface area contributed by atoms with Crippen LogP contribution in [0.4, 0.5) is 18.0 Å².